The molecule has 0 saturated carbocycles. The van der Waals surface area contributed by atoms with E-state index >= 15 is 0 Å². The van der Waals surface area contributed by atoms with Crippen LogP contribution in [0.4, 0.5) is 0 Å². The molecule has 0 amide bonds. The van der Waals surface area contributed by atoms with Crippen LogP contribution in [0.2, 0.25) is 0 Å². The first-order valence-electron chi connectivity index (χ1n) is 5.64. The Morgan fingerprint density at radius 3 is 2.46 bits per heavy atom. The maximum Gasteiger partial charge on any atom is 0.00387 e. The first-order valence-corrected chi connectivity index (χ1v) is 5.64. The van der Waals surface area contributed by atoms with Crippen LogP contribution in [0.5, 0.6) is 0 Å². The first kappa shape index (κ1) is 12.9. The van der Waals surface area contributed by atoms with Crippen LogP contribution in [0.15, 0.2) is 0 Å². The van der Waals surface area contributed by atoms with Crippen molar-refractivity contribution >= 4 is 0 Å². The van der Waals surface area contributed by atoms with Crippen molar-refractivity contribution in [3.8, 4) is 0 Å². The molecule has 2 nitrogen and oxygen atoms in total. The Kier molecular flexibility index (Phi) is 8.46. The van der Waals surface area contributed by atoms with E-state index in [1.54, 1.807) is 0 Å². The van der Waals surface area contributed by atoms with E-state index in [1.165, 1.54) is 25.7 Å². The first-order chi connectivity index (χ1) is 6.20. The van der Waals surface area contributed by atoms with Gasteiger partial charge in [-0.25, -0.2) is 0 Å². The third-order valence-electron chi connectivity index (χ3n) is 2.52. The molecule has 13 heavy (non-hydrogen) atoms. The van der Waals surface area contributed by atoms with Gasteiger partial charge in [-0.1, -0.05) is 26.7 Å². The second kappa shape index (κ2) is 8.52. The second-order valence-electron chi connectivity index (χ2n) is 4.13. The van der Waals surface area contributed by atoms with Crippen molar-refractivity contribution in [1.82, 2.24) is 5.32 Å². The van der Waals surface area contributed by atoms with Gasteiger partial charge >= 0.3 is 0 Å². The van der Waals surface area contributed by atoms with Gasteiger partial charge in [0.1, 0.15) is 0 Å². The molecule has 0 aromatic heterocycles. The van der Waals surface area contributed by atoms with Crippen molar-refractivity contribution < 1.29 is 0 Å². The van der Waals surface area contributed by atoms with Crippen LogP contribution in [0, 0.1) is 5.92 Å². The number of rotatable bonds is 8. The summed E-state index contributed by atoms with van der Waals surface area (Å²) in [6, 6.07) is 0.671. The van der Waals surface area contributed by atoms with Gasteiger partial charge in [-0.05, 0) is 38.8 Å². The highest BCUT2D eigenvalue weighted by Crippen LogP contribution is 2.01. The van der Waals surface area contributed by atoms with Crippen molar-refractivity contribution in [2.45, 2.75) is 52.5 Å². The lowest BCUT2D eigenvalue weighted by Crippen LogP contribution is -2.28. The Balaban J connectivity index is 3.21. The fraction of sp³-hybridized carbons (Fsp3) is 1.00. The van der Waals surface area contributed by atoms with Crippen molar-refractivity contribution in [3.63, 3.8) is 0 Å². The minimum Gasteiger partial charge on any atom is -0.330 e. The minimum absolute atomic E-state index is 0.658. The van der Waals surface area contributed by atoms with Gasteiger partial charge in [0.15, 0.2) is 0 Å². The van der Waals surface area contributed by atoms with E-state index < -0.39 is 0 Å². The SMILES string of the molecule is CCCCC(C)NCCC(C)CN. The van der Waals surface area contributed by atoms with Gasteiger partial charge in [-0.15, -0.1) is 0 Å². The molecule has 0 rings (SSSR count). The topological polar surface area (TPSA) is 38.0 Å². The lowest BCUT2D eigenvalue weighted by atomic mass is 10.1. The van der Waals surface area contributed by atoms with Crippen LogP contribution in [0.1, 0.15) is 46.5 Å². The highest BCUT2D eigenvalue weighted by atomic mass is 14.9. The summed E-state index contributed by atoms with van der Waals surface area (Å²) in [5, 5.41) is 3.53. The minimum atomic E-state index is 0.658. The second-order valence-corrected chi connectivity index (χ2v) is 4.13. The van der Waals surface area contributed by atoms with Crippen LogP contribution in [-0.2, 0) is 0 Å². The van der Waals surface area contributed by atoms with E-state index in [9.17, 15) is 0 Å². The number of hydrogen-bond donors (Lipinski definition) is 2. The molecule has 0 aromatic carbocycles. The highest BCUT2D eigenvalue weighted by Gasteiger charge is 2.02. The summed E-state index contributed by atoms with van der Waals surface area (Å²) < 4.78 is 0. The molecule has 2 atom stereocenters. The lowest BCUT2D eigenvalue weighted by Gasteiger charge is -2.14. The van der Waals surface area contributed by atoms with Crippen LogP contribution in [0.25, 0.3) is 0 Å². The maximum absolute atomic E-state index is 5.54. The molecule has 0 fully saturated rings. The Labute approximate surface area is 83.3 Å². The van der Waals surface area contributed by atoms with Crippen LogP contribution in [-0.4, -0.2) is 19.1 Å². The lowest BCUT2D eigenvalue weighted by molar-refractivity contribution is 0.449. The van der Waals surface area contributed by atoms with Gasteiger partial charge in [-0.2, -0.15) is 0 Å². The summed E-state index contributed by atoms with van der Waals surface area (Å²) in [5.41, 5.74) is 5.54. The smallest absolute Gasteiger partial charge is 0.00387 e. The fourth-order valence-corrected chi connectivity index (χ4v) is 1.31. The van der Waals surface area contributed by atoms with E-state index in [0.29, 0.717) is 12.0 Å². The molecule has 0 spiro atoms. The predicted molar refractivity (Wildman–Crippen MR) is 59.8 cm³/mol. The van der Waals surface area contributed by atoms with Gasteiger partial charge < -0.3 is 11.1 Å². The summed E-state index contributed by atoms with van der Waals surface area (Å²) >= 11 is 0. The summed E-state index contributed by atoms with van der Waals surface area (Å²) in [5.74, 6) is 0.658. The van der Waals surface area contributed by atoms with Gasteiger partial charge in [0.25, 0.3) is 0 Å². The Bertz CT molecular complexity index is 104. The van der Waals surface area contributed by atoms with E-state index in [2.05, 4.69) is 26.1 Å². The molecule has 0 saturated heterocycles. The molecule has 0 aliphatic carbocycles. The van der Waals surface area contributed by atoms with Crippen LogP contribution in [0.3, 0.4) is 0 Å². The maximum atomic E-state index is 5.54. The monoisotopic (exact) mass is 186 g/mol. The van der Waals surface area contributed by atoms with Crippen molar-refractivity contribution in [1.29, 1.82) is 0 Å². The fourth-order valence-electron chi connectivity index (χ4n) is 1.31. The number of nitrogens with two attached hydrogens (primary N) is 1. The summed E-state index contributed by atoms with van der Waals surface area (Å²) in [7, 11) is 0. The van der Waals surface area contributed by atoms with Gasteiger partial charge in [0.2, 0.25) is 0 Å². The largest absolute Gasteiger partial charge is 0.330 e. The molecular weight excluding hydrogens is 160 g/mol. The van der Waals surface area contributed by atoms with Crippen LogP contribution < -0.4 is 11.1 Å². The number of hydrogen-bond acceptors (Lipinski definition) is 2. The highest BCUT2D eigenvalue weighted by molar-refractivity contribution is 4.62. The van der Waals surface area contributed by atoms with Crippen LogP contribution >= 0.6 is 0 Å². The molecule has 0 heterocycles. The van der Waals surface area contributed by atoms with E-state index in [-0.39, 0.29) is 0 Å². The predicted octanol–water partition coefficient (Wildman–Crippen LogP) is 2.14. The number of nitrogens with one attached hydrogen (secondary N) is 1. The average molecular weight is 186 g/mol. The summed E-state index contributed by atoms with van der Waals surface area (Å²) in [6.45, 7) is 8.64. The molecule has 0 aromatic rings. The zero-order valence-corrected chi connectivity index (χ0v) is 9.47. The third kappa shape index (κ3) is 8.26. The third-order valence-corrected chi connectivity index (χ3v) is 2.52. The zero-order valence-electron chi connectivity index (χ0n) is 9.47. The normalized spacial score (nSPS) is 15.7. The molecule has 2 heteroatoms. The van der Waals surface area contributed by atoms with E-state index in [1.807, 2.05) is 0 Å². The average Bonchev–Trinajstić information content (AvgIpc) is 2.14. The van der Waals surface area contributed by atoms with E-state index in [0.717, 1.165) is 13.1 Å². The molecule has 0 bridgehead atoms. The Hall–Kier alpha value is -0.0800. The summed E-state index contributed by atoms with van der Waals surface area (Å²) in [6.07, 6.45) is 5.13. The van der Waals surface area contributed by atoms with Crippen molar-refractivity contribution in [3.05, 3.63) is 0 Å². The van der Waals surface area contributed by atoms with Gasteiger partial charge in [0, 0.05) is 6.04 Å². The molecule has 0 aliphatic rings. The molecular formula is C11H26N2. The van der Waals surface area contributed by atoms with Crippen molar-refractivity contribution in [2.24, 2.45) is 11.7 Å². The van der Waals surface area contributed by atoms with Crippen molar-refractivity contribution in [2.75, 3.05) is 13.1 Å². The number of unbranched alkanes of at least 4 members (excludes halogenated alkanes) is 1. The standard InChI is InChI=1S/C11H26N2/c1-4-5-6-11(3)13-8-7-10(2)9-12/h10-11,13H,4-9,12H2,1-3H3. The molecule has 3 N–H and O–H groups in total. The quantitative estimate of drug-likeness (QED) is 0.609. The molecule has 0 aliphatic heterocycles. The van der Waals surface area contributed by atoms with E-state index in [4.69, 9.17) is 5.73 Å². The summed E-state index contributed by atoms with van der Waals surface area (Å²) in [4.78, 5) is 0. The Morgan fingerprint density at radius 1 is 1.23 bits per heavy atom. The Morgan fingerprint density at radius 2 is 1.92 bits per heavy atom. The molecule has 0 radical (unpaired) electrons. The van der Waals surface area contributed by atoms with Gasteiger partial charge in [-0.3, -0.25) is 0 Å². The molecule has 80 valence electrons. The van der Waals surface area contributed by atoms with Gasteiger partial charge in [0.05, 0.1) is 0 Å². The molecule has 2 unspecified atom stereocenters. The zero-order chi connectivity index (χ0) is 10.1.